The van der Waals surface area contributed by atoms with E-state index in [1.807, 2.05) is 11.8 Å². The zero-order chi connectivity index (χ0) is 23.1. The van der Waals surface area contributed by atoms with Crippen LogP contribution in [0, 0.1) is 5.82 Å². The van der Waals surface area contributed by atoms with Gasteiger partial charge in [-0.25, -0.2) is 19.2 Å². The number of carbonyl (C=O) groups excluding carboxylic acids is 1. The number of aliphatic imine (C=N–C) groups is 1. The van der Waals surface area contributed by atoms with Gasteiger partial charge >= 0.3 is 5.69 Å². The molecule has 170 valence electrons. The molecule has 0 saturated carbocycles. The van der Waals surface area contributed by atoms with E-state index in [0.29, 0.717) is 60.1 Å². The number of carbonyl (C=O) groups is 1. The summed E-state index contributed by atoms with van der Waals surface area (Å²) in [7, 11) is 1.55. The van der Waals surface area contributed by atoms with Gasteiger partial charge in [0.1, 0.15) is 28.9 Å². The first kappa shape index (κ1) is 21.0. The normalized spacial score (nSPS) is 15.2. The summed E-state index contributed by atoms with van der Waals surface area (Å²) in [6.45, 7) is 3.79. The van der Waals surface area contributed by atoms with Crippen molar-refractivity contribution in [3.05, 3.63) is 52.0 Å². The second kappa shape index (κ2) is 8.24. The second-order valence-electron chi connectivity index (χ2n) is 7.88. The Morgan fingerprint density at radius 3 is 2.88 bits per heavy atom. The molecule has 2 aromatic heterocycles. The van der Waals surface area contributed by atoms with Gasteiger partial charge in [0.15, 0.2) is 5.82 Å². The van der Waals surface area contributed by atoms with Crippen LogP contribution in [0.1, 0.15) is 23.0 Å². The lowest BCUT2D eigenvalue weighted by Crippen LogP contribution is -2.53. The van der Waals surface area contributed by atoms with Gasteiger partial charge < -0.3 is 15.4 Å². The fraction of sp³-hybridized carbons (Fsp3) is 0.318. The maximum absolute atomic E-state index is 15.3. The number of anilines is 1. The summed E-state index contributed by atoms with van der Waals surface area (Å²) in [5.74, 6) is 0.220. The van der Waals surface area contributed by atoms with Gasteiger partial charge in [0.25, 0.3) is 5.91 Å². The summed E-state index contributed by atoms with van der Waals surface area (Å²) in [4.78, 5) is 38.3. The molecule has 1 aromatic carbocycles. The predicted octanol–water partition coefficient (Wildman–Crippen LogP) is 1.66. The van der Waals surface area contributed by atoms with Gasteiger partial charge in [0.05, 0.1) is 23.6 Å². The van der Waals surface area contributed by atoms with Crippen LogP contribution in [0.5, 0.6) is 5.75 Å². The highest BCUT2D eigenvalue weighted by molar-refractivity contribution is 6.06. The predicted molar refractivity (Wildman–Crippen MR) is 121 cm³/mol. The van der Waals surface area contributed by atoms with E-state index in [2.05, 4.69) is 25.6 Å². The van der Waals surface area contributed by atoms with Crippen molar-refractivity contribution in [1.29, 1.82) is 0 Å². The summed E-state index contributed by atoms with van der Waals surface area (Å²) in [5.41, 5.74) is 0.956. The van der Waals surface area contributed by atoms with Crippen LogP contribution in [0.3, 0.4) is 0 Å². The minimum atomic E-state index is -0.519. The Labute approximate surface area is 188 Å². The van der Waals surface area contributed by atoms with Crippen LogP contribution >= 0.6 is 0 Å². The van der Waals surface area contributed by atoms with Crippen molar-refractivity contribution >= 4 is 34.7 Å². The van der Waals surface area contributed by atoms with E-state index in [-0.39, 0.29) is 17.5 Å². The number of hydrogen-bond acceptors (Lipinski definition) is 8. The molecule has 33 heavy (non-hydrogen) atoms. The molecular formula is C22H22FN7O3. The third-order valence-electron chi connectivity index (χ3n) is 5.77. The molecule has 10 nitrogen and oxygen atoms in total. The number of nitrogens with zero attached hydrogens (tertiary/aromatic N) is 5. The highest BCUT2D eigenvalue weighted by atomic mass is 19.1. The zero-order valence-electron chi connectivity index (χ0n) is 18.1. The number of halogens is 1. The number of hydrogen-bond donors (Lipinski definition) is 2. The van der Waals surface area contributed by atoms with Crippen molar-refractivity contribution in [3.63, 3.8) is 0 Å². The number of rotatable bonds is 6. The molecule has 2 N–H and O–H groups in total. The van der Waals surface area contributed by atoms with Gasteiger partial charge in [-0.15, -0.1) is 0 Å². The summed E-state index contributed by atoms with van der Waals surface area (Å²) >= 11 is 0. The van der Waals surface area contributed by atoms with Crippen molar-refractivity contribution in [1.82, 2.24) is 24.8 Å². The maximum atomic E-state index is 15.3. The standard InChI is InChI=1S/C22H22FN7O3/c1-3-30-20-17-16(26-11-27-20)6-12(18(23)19(17)28-22(30)32)8-29-9-14(10-29)33-13-4-5-15(25-7-13)21(31)24-2/h4-7,11,14H,3,8-10H2,1-2H3,(H,24,31)(H,26,27). The Morgan fingerprint density at radius 1 is 1.36 bits per heavy atom. The number of likely N-dealkylation sites (tertiary alicyclic amines) is 1. The molecular weight excluding hydrogens is 429 g/mol. The Hall–Kier alpha value is -3.86. The molecule has 5 rings (SSSR count). The molecule has 1 fully saturated rings. The van der Waals surface area contributed by atoms with Crippen LogP contribution in [-0.4, -0.2) is 57.9 Å². The minimum Gasteiger partial charge on any atom is -0.486 e. The lowest BCUT2D eigenvalue weighted by Gasteiger charge is -2.39. The molecule has 0 aliphatic carbocycles. The molecule has 2 aliphatic heterocycles. The van der Waals surface area contributed by atoms with Gasteiger partial charge in [-0.2, -0.15) is 4.98 Å². The molecule has 0 atom stereocenters. The van der Waals surface area contributed by atoms with Gasteiger partial charge in [0, 0.05) is 38.8 Å². The van der Waals surface area contributed by atoms with Gasteiger partial charge in [-0.05, 0) is 25.1 Å². The smallest absolute Gasteiger partial charge is 0.349 e. The zero-order valence-corrected chi connectivity index (χ0v) is 18.1. The maximum Gasteiger partial charge on any atom is 0.349 e. The number of nitrogens with one attached hydrogen (secondary N) is 2. The third-order valence-corrected chi connectivity index (χ3v) is 5.77. The van der Waals surface area contributed by atoms with Crippen molar-refractivity contribution in [2.45, 2.75) is 26.1 Å². The third kappa shape index (κ3) is 3.69. The molecule has 0 radical (unpaired) electrons. The van der Waals surface area contributed by atoms with Crippen LogP contribution in [0.2, 0.25) is 0 Å². The van der Waals surface area contributed by atoms with Gasteiger partial charge in [-0.3, -0.25) is 14.3 Å². The second-order valence-corrected chi connectivity index (χ2v) is 7.88. The summed E-state index contributed by atoms with van der Waals surface area (Å²) < 4.78 is 22.6. The van der Waals surface area contributed by atoms with Crippen LogP contribution in [0.4, 0.5) is 15.9 Å². The first-order valence-electron chi connectivity index (χ1n) is 10.6. The van der Waals surface area contributed by atoms with Gasteiger partial charge in [0.2, 0.25) is 0 Å². The fourth-order valence-electron chi connectivity index (χ4n) is 4.10. The van der Waals surface area contributed by atoms with Crippen molar-refractivity contribution < 1.29 is 13.9 Å². The van der Waals surface area contributed by atoms with Crippen LogP contribution in [0.15, 0.2) is 34.2 Å². The highest BCUT2D eigenvalue weighted by Crippen LogP contribution is 2.36. The van der Waals surface area contributed by atoms with Gasteiger partial charge in [-0.1, -0.05) is 0 Å². The molecule has 3 aromatic rings. The number of ether oxygens (including phenoxy) is 1. The van der Waals surface area contributed by atoms with E-state index in [4.69, 9.17) is 4.74 Å². The van der Waals surface area contributed by atoms with Crippen molar-refractivity contribution in [2.24, 2.45) is 4.99 Å². The largest absolute Gasteiger partial charge is 0.486 e. The molecule has 4 heterocycles. The summed E-state index contributed by atoms with van der Waals surface area (Å²) in [5, 5.41) is 6.07. The Kier molecular flexibility index (Phi) is 5.25. The SMILES string of the molecule is CCn1c2c3c(cc(CN4CC(Oc5ccc(C(=O)NC)nc5)C4)c(F)c3nc1=O)NC=N2. The Balaban J connectivity index is 1.30. The van der Waals surface area contributed by atoms with E-state index in [1.54, 1.807) is 25.2 Å². The summed E-state index contributed by atoms with van der Waals surface area (Å²) in [6.07, 6.45) is 2.95. The number of benzene rings is 1. The van der Waals surface area contributed by atoms with E-state index >= 15 is 4.39 Å². The van der Waals surface area contributed by atoms with E-state index in [0.717, 1.165) is 0 Å². The Morgan fingerprint density at radius 2 is 2.18 bits per heavy atom. The first-order chi connectivity index (χ1) is 16.0. The van der Waals surface area contributed by atoms with Crippen LogP contribution in [0.25, 0.3) is 10.9 Å². The number of aromatic nitrogens is 3. The topological polar surface area (TPSA) is 114 Å². The van der Waals surface area contributed by atoms with E-state index < -0.39 is 11.5 Å². The quantitative estimate of drug-likeness (QED) is 0.586. The fourth-order valence-corrected chi connectivity index (χ4v) is 4.10. The van der Waals surface area contributed by atoms with Crippen LogP contribution in [-0.2, 0) is 13.1 Å². The lowest BCUT2D eigenvalue weighted by molar-refractivity contribution is 0.0138. The Bertz CT molecular complexity index is 1330. The molecule has 1 amide bonds. The van der Waals surface area contributed by atoms with Crippen LogP contribution < -0.4 is 21.1 Å². The monoisotopic (exact) mass is 451 g/mol. The first-order valence-corrected chi connectivity index (χ1v) is 10.6. The van der Waals surface area contributed by atoms with Crippen molar-refractivity contribution in [3.8, 4) is 5.75 Å². The molecule has 0 unspecified atom stereocenters. The highest BCUT2D eigenvalue weighted by Gasteiger charge is 2.30. The molecule has 1 saturated heterocycles. The van der Waals surface area contributed by atoms with E-state index in [9.17, 15) is 9.59 Å². The number of pyridine rings is 1. The summed E-state index contributed by atoms with van der Waals surface area (Å²) in [6, 6.07) is 5.05. The molecule has 2 aliphatic rings. The number of amides is 1. The lowest BCUT2D eigenvalue weighted by atomic mass is 10.0. The molecule has 11 heteroatoms. The molecule has 0 bridgehead atoms. The van der Waals surface area contributed by atoms with E-state index in [1.165, 1.54) is 17.1 Å². The molecule has 0 spiro atoms. The van der Waals surface area contributed by atoms with Crippen molar-refractivity contribution in [2.75, 3.05) is 25.5 Å². The average Bonchev–Trinajstić information content (AvgIpc) is 2.80. The minimum absolute atomic E-state index is 0.0344. The average molecular weight is 451 g/mol.